The highest BCUT2D eigenvalue weighted by Crippen LogP contribution is 2.09. The lowest BCUT2D eigenvalue weighted by Gasteiger charge is -2.18. The molecule has 0 aliphatic rings. The van der Waals surface area contributed by atoms with Gasteiger partial charge in [-0.25, -0.2) is 4.98 Å². The summed E-state index contributed by atoms with van der Waals surface area (Å²) in [4.78, 5) is 11.0. The number of nitrogens with one attached hydrogen (secondary N) is 1. The van der Waals surface area contributed by atoms with Crippen LogP contribution >= 0.6 is 0 Å². The number of hydrogen-bond acceptors (Lipinski definition) is 5. The molecule has 0 unspecified atom stereocenters. The van der Waals surface area contributed by atoms with E-state index < -0.39 is 0 Å². The molecule has 0 fully saturated rings. The van der Waals surface area contributed by atoms with Gasteiger partial charge in [0, 0.05) is 13.1 Å². The van der Waals surface area contributed by atoms with Gasteiger partial charge in [0.05, 0.1) is 30.9 Å². The minimum Gasteiger partial charge on any atom is -0.468 e. The molecule has 1 N–H and O–H groups in total. The first-order valence-corrected chi connectivity index (χ1v) is 6.61. The lowest BCUT2D eigenvalue weighted by Crippen LogP contribution is -2.22. The summed E-state index contributed by atoms with van der Waals surface area (Å²) >= 11 is 0. The maximum atomic E-state index is 5.37. The van der Waals surface area contributed by atoms with Gasteiger partial charge in [0.2, 0.25) is 0 Å². The van der Waals surface area contributed by atoms with E-state index in [-0.39, 0.29) is 0 Å². The zero-order valence-electron chi connectivity index (χ0n) is 11.5. The van der Waals surface area contributed by atoms with E-state index in [1.54, 1.807) is 12.5 Å². The van der Waals surface area contributed by atoms with Crippen molar-refractivity contribution in [2.45, 2.75) is 26.9 Å². The van der Waals surface area contributed by atoms with Gasteiger partial charge >= 0.3 is 0 Å². The molecule has 102 valence electrons. The lowest BCUT2D eigenvalue weighted by molar-refractivity contribution is 0.245. The van der Waals surface area contributed by atoms with Crippen LogP contribution in [0, 0.1) is 0 Å². The Morgan fingerprint density at radius 1 is 1.21 bits per heavy atom. The minimum atomic E-state index is 0.774. The molecule has 2 aromatic heterocycles. The van der Waals surface area contributed by atoms with E-state index >= 15 is 0 Å². The standard InChI is InChI=1S/C14H20N4O/c1-3-15-14-9-16-12(8-17-14)10-18(4-2)11-13-6-5-7-19-13/h5-9H,3-4,10-11H2,1-2H3,(H,15,17). The third-order valence-corrected chi connectivity index (χ3v) is 2.86. The molecular weight excluding hydrogens is 240 g/mol. The smallest absolute Gasteiger partial charge is 0.144 e. The molecule has 0 amide bonds. The molecule has 2 aromatic rings. The molecular formula is C14H20N4O. The third-order valence-electron chi connectivity index (χ3n) is 2.86. The Morgan fingerprint density at radius 2 is 2.11 bits per heavy atom. The van der Waals surface area contributed by atoms with E-state index in [1.807, 2.05) is 25.3 Å². The van der Waals surface area contributed by atoms with Crippen LogP contribution in [-0.2, 0) is 13.1 Å². The Kier molecular flexibility index (Phi) is 4.92. The quantitative estimate of drug-likeness (QED) is 0.829. The maximum Gasteiger partial charge on any atom is 0.144 e. The van der Waals surface area contributed by atoms with Crippen molar-refractivity contribution in [1.82, 2.24) is 14.9 Å². The fraction of sp³-hybridized carbons (Fsp3) is 0.429. The van der Waals surface area contributed by atoms with Crippen molar-refractivity contribution in [2.24, 2.45) is 0 Å². The normalized spacial score (nSPS) is 10.9. The van der Waals surface area contributed by atoms with Crippen molar-refractivity contribution in [2.75, 3.05) is 18.4 Å². The van der Waals surface area contributed by atoms with Crippen LogP contribution in [0.25, 0.3) is 0 Å². The summed E-state index contributed by atoms with van der Waals surface area (Å²) in [7, 11) is 0. The molecule has 0 bridgehead atoms. The summed E-state index contributed by atoms with van der Waals surface area (Å²) in [5, 5.41) is 3.14. The van der Waals surface area contributed by atoms with E-state index in [2.05, 4.69) is 27.1 Å². The van der Waals surface area contributed by atoms with Gasteiger partial charge in [-0.1, -0.05) is 6.92 Å². The van der Waals surface area contributed by atoms with E-state index in [0.29, 0.717) is 0 Å². The van der Waals surface area contributed by atoms with Gasteiger partial charge in [0.25, 0.3) is 0 Å². The third kappa shape index (κ3) is 4.06. The predicted octanol–water partition coefficient (Wildman–Crippen LogP) is 2.52. The van der Waals surface area contributed by atoms with Crippen molar-refractivity contribution in [1.29, 1.82) is 0 Å². The number of nitrogens with zero attached hydrogens (tertiary/aromatic N) is 3. The van der Waals surface area contributed by atoms with E-state index in [4.69, 9.17) is 4.42 Å². The fourth-order valence-electron chi connectivity index (χ4n) is 1.84. The Hall–Kier alpha value is -1.88. The summed E-state index contributed by atoms with van der Waals surface area (Å²) in [5.74, 6) is 1.79. The average Bonchev–Trinajstić information content (AvgIpc) is 2.93. The Labute approximate surface area is 113 Å². The molecule has 5 nitrogen and oxygen atoms in total. The maximum absolute atomic E-state index is 5.37. The van der Waals surface area contributed by atoms with Gasteiger partial charge in [-0.05, 0) is 25.6 Å². The van der Waals surface area contributed by atoms with Crippen LogP contribution in [0.3, 0.4) is 0 Å². The van der Waals surface area contributed by atoms with Gasteiger partial charge in [-0.15, -0.1) is 0 Å². The van der Waals surface area contributed by atoms with Gasteiger partial charge < -0.3 is 9.73 Å². The van der Waals surface area contributed by atoms with Crippen LogP contribution in [0.2, 0.25) is 0 Å². The first-order valence-electron chi connectivity index (χ1n) is 6.61. The summed E-state index contributed by atoms with van der Waals surface area (Å²) in [6.45, 7) is 7.53. The van der Waals surface area contributed by atoms with Crippen molar-refractivity contribution in [3.8, 4) is 0 Å². The van der Waals surface area contributed by atoms with Crippen LogP contribution in [0.4, 0.5) is 5.82 Å². The number of anilines is 1. The molecule has 0 atom stereocenters. The second kappa shape index (κ2) is 6.89. The summed E-state index contributed by atoms with van der Waals surface area (Å²) in [5.41, 5.74) is 0.968. The molecule has 0 saturated carbocycles. The molecule has 0 aliphatic carbocycles. The van der Waals surface area contributed by atoms with Gasteiger partial charge in [-0.3, -0.25) is 9.88 Å². The van der Waals surface area contributed by atoms with Crippen LogP contribution in [0.5, 0.6) is 0 Å². The van der Waals surface area contributed by atoms with E-state index in [0.717, 1.165) is 43.5 Å². The van der Waals surface area contributed by atoms with Gasteiger partial charge in [-0.2, -0.15) is 0 Å². The summed E-state index contributed by atoms with van der Waals surface area (Å²) in [6, 6.07) is 3.90. The Balaban J connectivity index is 1.94. The molecule has 19 heavy (non-hydrogen) atoms. The van der Waals surface area contributed by atoms with Crippen LogP contribution in [0.1, 0.15) is 25.3 Å². The summed E-state index contributed by atoms with van der Waals surface area (Å²) in [6.07, 6.45) is 5.30. The molecule has 0 aromatic carbocycles. The van der Waals surface area contributed by atoms with Crippen molar-refractivity contribution in [3.63, 3.8) is 0 Å². The van der Waals surface area contributed by atoms with Crippen molar-refractivity contribution >= 4 is 5.82 Å². The molecule has 2 heterocycles. The zero-order valence-corrected chi connectivity index (χ0v) is 11.5. The Bertz CT molecular complexity index is 467. The second-order valence-corrected chi connectivity index (χ2v) is 4.31. The van der Waals surface area contributed by atoms with Crippen LogP contribution < -0.4 is 5.32 Å². The number of hydrogen-bond donors (Lipinski definition) is 1. The van der Waals surface area contributed by atoms with Gasteiger partial charge in [0.1, 0.15) is 11.6 Å². The first kappa shape index (κ1) is 13.5. The highest BCUT2D eigenvalue weighted by Gasteiger charge is 2.08. The SMILES string of the molecule is CCNc1cnc(CN(CC)Cc2ccco2)cn1. The first-order chi connectivity index (χ1) is 9.31. The topological polar surface area (TPSA) is 54.2 Å². The number of aromatic nitrogens is 2. The fourth-order valence-corrected chi connectivity index (χ4v) is 1.84. The molecule has 0 spiro atoms. The molecule has 0 radical (unpaired) electrons. The molecule has 0 aliphatic heterocycles. The minimum absolute atomic E-state index is 0.774. The highest BCUT2D eigenvalue weighted by molar-refractivity contribution is 5.30. The number of furan rings is 1. The summed E-state index contributed by atoms with van der Waals surface area (Å²) < 4.78 is 5.37. The lowest BCUT2D eigenvalue weighted by atomic mass is 10.3. The van der Waals surface area contributed by atoms with Crippen molar-refractivity contribution in [3.05, 3.63) is 42.2 Å². The molecule has 0 saturated heterocycles. The van der Waals surface area contributed by atoms with E-state index in [9.17, 15) is 0 Å². The second-order valence-electron chi connectivity index (χ2n) is 4.31. The largest absolute Gasteiger partial charge is 0.468 e. The number of rotatable bonds is 7. The highest BCUT2D eigenvalue weighted by atomic mass is 16.3. The predicted molar refractivity (Wildman–Crippen MR) is 74.7 cm³/mol. The van der Waals surface area contributed by atoms with Crippen molar-refractivity contribution < 1.29 is 4.42 Å². The van der Waals surface area contributed by atoms with Crippen LogP contribution in [0.15, 0.2) is 35.2 Å². The molecule has 5 heteroatoms. The van der Waals surface area contributed by atoms with Gasteiger partial charge in [0.15, 0.2) is 0 Å². The van der Waals surface area contributed by atoms with E-state index in [1.165, 1.54) is 0 Å². The molecule has 2 rings (SSSR count). The van der Waals surface area contributed by atoms with Crippen LogP contribution in [-0.4, -0.2) is 28.0 Å². The monoisotopic (exact) mass is 260 g/mol. The average molecular weight is 260 g/mol. The zero-order chi connectivity index (χ0) is 13.5. The Morgan fingerprint density at radius 3 is 2.68 bits per heavy atom.